The van der Waals surface area contributed by atoms with E-state index in [0.717, 1.165) is 0 Å². The Hall–Kier alpha value is -2.34. The molecule has 2 aromatic rings. The highest BCUT2D eigenvalue weighted by molar-refractivity contribution is 6.30. The van der Waals surface area contributed by atoms with Crippen molar-refractivity contribution in [2.24, 2.45) is 5.73 Å². The first-order valence-electron chi connectivity index (χ1n) is 5.34. The fourth-order valence-corrected chi connectivity index (χ4v) is 1.76. The van der Waals surface area contributed by atoms with Gasteiger partial charge in [-0.25, -0.2) is 0 Å². The van der Waals surface area contributed by atoms with Gasteiger partial charge in [-0.05, 0) is 17.7 Å². The van der Waals surface area contributed by atoms with E-state index < -0.39 is 17.3 Å². The lowest BCUT2D eigenvalue weighted by Crippen LogP contribution is -2.20. The van der Waals surface area contributed by atoms with E-state index in [9.17, 15) is 14.7 Å². The number of hydrogen-bond acceptors (Lipinski definition) is 4. The third-order valence-electron chi connectivity index (χ3n) is 2.42. The van der Waals surface area contributed by atoms with Crippen LogP contribution in [-0.4, -0.2) is 21.0 Å². The molecule has 98 valence electrons. The summed E-state index contributed by atoms with van der Waals surface area (Å²) in [6, 6.07) is 6.35. The molecule has 19 heavy (non-hydrogen) atoms. The van der Waals surface area contributed by atoms with Gasteiger partial charge in [-0.1, -0.05) is 23.7 Å². The number of rotatable bonds is 3. The number of aromatic amines is 1. The summed E-state index contributed by atoms with van der Waals surface area (Å²) in [6.07, 6.45) is -0.246. The molecule has 0 fully saturated rings. The molecule has 0 unspecified atom stereocenters. The lowest BCUT2D eigenvalue weighted by atomic mass is 10.1. The third kappa shape index (κ3) is 2.92. The highest BCUT2D eigenvalue weighted by atomic mass is 35.5. The van der Waals surface area contributed by atoms with E-state index in [0.29, 0.717) is 10.6 Å². The lowest BCUT2D eigenvalue weighted by Gasteiger charge is -2.05. The van der Waals surface area contributed by atoms with Crippen LogP contribution in [0.1, 0.15) is 5.82 Å². The number of benzene rings is 1. The number of primary amides is 1. The van der Waals surface area contributed by atoms with E-state index in [1.807, 2.05) is 0 Å². The molecule has 0 radical (unpaired) electrons. The summed E-state index contributed by atoms with van der Waals surface area (Å²) in [5, 5.41) is 10.3. The van der Waals surface area contributed by atoms with Crippen LogP contribution in [0, 0.1) is 0 Å². The summed E-state index contributed by atoms with van der Waals surface area (Å²) in [5.41, 5.74) is 4.94. The molecular weight excluding hydrogens is 270 g/mol. The van der Waals surface area contributed by atoms with Crippen molar-refractivity contribution < 1.29 is 9.90 Å². The van der Waals surface area contributed by atoms with Gasteiger partial charge in [0.1, 0.15) is 11.4 Å². The highest BCUT2D eigenvalue weighted by Crippen LogP contribution is 2.24. The fourth-order valence-electron chi connectivity index (χ4n) is 1.63. The van der Waals surface area contributed by atoms with Crippen molar-refractivity contribution in [3.05, 3.63) is 45.5 Å². The van der Waals surface area contributed by atoms with E-state index in [1.165, 1.54) is 0 Å². The van der Waals surface area contributed by atoms with Crippen LogP contribution in [0.15, 0.2) is 29.1 Å². The minimum atomic E-state index is -0.651. The molecule has 0 aliphatic heterocycles. The molecule has 1 aromatic heterocycles. The van der Waals surface area contributed by atoms with Crippen molar-refractivity contribution in [1.82, 2.24) is 9.97 Å². The Balaban J connectivity index is 2.50. The molecule has 0 saturated carbocycles. The largest absolute Gasteiger partial charge is 0.493 e. The van der Waals surface area contributed by atoms with Gasteiger partial charge in [0, 0.05) is 5.02 Å². The number of aromatic nitrogens is 2. The number of H-pyrrole nitrogens is 1. The van der Waals surface area contributed by atoms with Crippen molar-refractivity contribution in [1.29, 1.82) is 0 Å². The average molecular weight is 280 g/mol. The van der Waals surface area contributed by atoms with Gasteiger partial charge < -0.3 is 15.8 Å². The number of amides is 1. The van der Waals surface area contributed by atoms with Gasteiger partial charge in [0.15, 0.2) is 0 Å². The Morgan fingerprint density at radius 3 is 2.53 bits per heavy atom. The van der Waals surface area contributed by atoms with Gasteiger partial charge in [0.05, 0.1) is 6.42 Å². The fraction of sp³-hybridized carbons (Fsp3) is 0.0833. The lowest BCUT2D eigenvalue weighted by molar-refractivity contribution is -0.117. The first-order valence-corrected chi connectivity index (χ1v) is 5.71. The maximum Gasteiger partial charge on any atom is 0.262 e. The number of aromatic hydroxyl groups is 1. The van der Waals surface area contributed by atoms with Crippen LogP contribution in [0.25, 0.3) is 11.1 Å². The normalized spacial score (nSPS) is 10.4. The van der Waals surface area contributed by atoms with Crippen molar-refractivity contribution in [2.75, 3.05) is 0 Å². The van der Waals surface area contributed by atoms with Crippen LogP contribution < -0.4 is 11.3 Å². The number of carbonyl (C=O) groups is 1. The maximum absolute atomic E-state index is 11.9. The number of nitrogens with two attached hydrogens (primary N) is 1. The molecule has 1 aromatic carbocycles. The van der Waals surface area contributed by atoms with Gasteiger partial charge in [-0.2, -0.15) is 4.98 Å². The van der Waals surface area contributed by atoms with Crippen LogP contribution in [0.4, 0.5) is 0 Å². The quantitative estimate of drug-likeness (QED) is 0.773. The van der Waals surface area contributed by atoms with E-state index in [-0.39, 0.29) is 17.8 Å². The van der Waals surface area contributed by atoms with Crippen LogP contribution >= 0.6 is 11.6 Å². The minimum absolute atomic E-state index is 0.0184. The SMILES string of the molecule is NC(=O)Cc1nc(O)c(-c2ccc(Cl)cc2)c(=O)[nH]1. The average Bonchev–Trinajstić information content (AvgIpc) is 2.29. The molecule has 0 bridgehead atoms. The monoisotopic (exact) mass is 279 g/mol. The van der Waals surface area contributed by atoms with Crippen molar-refractivity contribution in [3.8, 4) is 17.0 Å². The van der Waals surface area contributed by atoms with E-state index in [2.05, 4.69) is 9.97 Å². The summed E-state index contributed by atoms with van der Waals surface area (Å²) in [6.45, 7) is 0. The molecule has 0 aliphatic rings. The molecule has 0 spiro atoms. The predicted octanol–water partition coefficient (Wildman–Crippen LogP) is 0.824. The third-order valence-corrected chi connectivity index (χ3v) is 2.68. The zero-order valence-electron chi connectivity index (χ0n) is 9.68. The molecule has 2 rings (SSSR count). The summed E-state index contributed by atoms with van der Waals surface area (Å²) in [4.78, 5) is 28.8. The first-order chi connectivity index (χ1) is 8.97. The zero-order chi connectivity index (χ0) is 14.0. The maximum atomic E-state index is 11.9. The predicted molar refractivity (Wildman–Crippen MR) is 69.9 cm³/mol. The molecule has 7 heteroatoms. The number of carbonyl (C=O) groups excluding carboxylic acids is 1. The molecule has 4 N–H and O–H groups in total. The molecule has 1 heterocycles. The van der Waals surface area contributed by atoms with E-state index >= 15 is 0 Å². The summed E-state index contributed by atoms with van der Waals surface area (Å²) >= 11 is 5.75. The first kappa shape index (κ1) is 13.1. The van der Waals surface area contributed by atoms with Crippen molar-refractivity contribution >= 4 is 17.5 Å². The second kappa shape index (κ2) is 5.11. The number of hydrogen-bond donors (Lipinski definition) is 3. The van der Waals surface area contributed by atoms with Crippen molar-refractivity contribution in [2.45, 2.75) is 6.42 Å². The Bertz CT molecular complexity index is 680. The van der Waals surface area contributed by atoms with Gasteiger partial charge >= 0.3 is 0 Å². The smallest absolute Gasteiger partial charge is 0.262 e. The van der Waals surface area contributed by atoms with Gasteiger partial charge in [-0.3, -0.25) is 9.59 Å². The Morgan fingerprint density at radius 1 is 1.37 bits per heavy atom. The molecule has 6 nitrogen and oxygen atoms in total. The van der Waals surface area contributed by atoms with Crippen LogP contribution in [0.2, 0.25) is 5.02 Å². The van der Waals surface area contributed by atoms with Gasteiger partial charge in [-0.15, -0.1) is 0 Å². The minimum Gasteiger partial charge on any atom is -0.493 e. The molecular formula is C12H10ClN3O3. The van der Waals surface area contributed by atoms with Crippen LogP contribution in [-0.2, 0) is 11.2 Å². The Morgan fingerprint density at radius 2 is 2.00 bits per heavy atom. The summed E-state index contributed by atoms with van der Waals surface area (Å²) in [5.74, 6) is -1.09. The number of halogens is 1. The standard InChI is InChI=1S/C12H10ClN3O3/c13-7-3-1-6(2-4-7)10-11(18)15-9(5-8(14)17)16-12(10)19/h1-4H,5H2,(H2,14,17)(H2,15,16,18,19). The second-order valence-electron chi connectivity index (χ2n) is 3.86. The topological polar surface area (TPSA) is 109 Å². The summed E-state index contributed by atoms with van der Waals surface area (Å²) < 4.78 is 0. The highest BCUT2D eigenvalue weighted by Gasteiger charge is 2.13. The van der Waals surface area contributed by atoms with E-state index in [4.69, 9.17) is 17.3 Å². The van der Waals surface area contributed by atoms with Gasteiger partial charge in [0.2, 0.25) is 11.8 Å². The molecule has 1 amide bonds. The van der Waals surface area contributed by atoms with Crippen LogP contribution in [0.3, 0.4) is 0 Å². The summed E-state index contributed by atoms with van der Waals surface area (Å²) in [7, 11) is 0. The Kier molecular flexibility index (Phi) is 3.52. The molecule has 0 atom stereocenters. The second-order valence-corrected chi connectivity index (χ2v) is 4.30. The van der Waals surface area contributed by atoms with Gasteiger partial charge in [0.25, 0.3) is 5.56 Å². The number of nitrogens with zero attached hydrogens (tertiary/aromatic N) is 1. The van der Waals surface area contributed by atoms with Crippen molar-refractivity contribution in [3.63, 3.8) is 0 Å². The Labute approximate surface area is 112 Å². The zero-order valence-corrected chi connectivity index (χ0v) is 10.4. The number of nitrogens with one attached hydrogen (secondary N) is 1. The molecule has 0 aliphatic carbocycles. The van der Waals surface area contributed by atoms with Crippen LogP contribution in [0.5, 0.6) is 5.88 Å². The van der Waals surface area contributed by atoms with E-state index in [1.54, 1.807) is 24.3 Å². The molecule has 0 saturated heterocycles.